The average molecular weight is 270 g/mol. The van der Waals surface area contributed by atoms with Gasteiger partial charge in [0.2, 0.25) is 11.8 Å². The minimum absolute atomic E-state index is 0.129. The lowest BCUT2D eigenvalue weighted by Gasteiger charge is -2.36. The molecule has 2 amide bonds. The smallest absolute Gasteiger partial charge is 0.237 e. The number of hydrogen-bond acceptors (Lipinski definition) is 4. The summed E-state index contributed by atoms with van der Waals surface area (Å²) in [4.78, 5) is 26.7. The van der Waals surface area contributed by atoms with Crippen LogP contribution in [-0.2, 0) is 9.59 Å². The molecule has 0 radical (unpaired) electrons. The highest BCUT2D eigenvalue weighted by atomic mass is 16.2. The molecule has 19 heavy (non-hydrogen) atoms. The molecule has 1 heterocycles. The Labute approximate surface area is 115 Å². The second-order valence-corrected chi connectivity index (χ2v) is 5.97. The van der Waals surface area contributed by atoms with Crippen molar-refractivity contribution in [3.63, 3.8) is 0 Å². The van der Waals surface area contributed by atoms with E-state index in [9.17, 15) is 9.59 Å². The Hall–Kier alpha value is -1.14. The van der Waals surface area contributed by atoms with Gasteiger partial charge in [-0.1, -0.05) is 0 Å². The zero-order valence-electron chi connectivity index (χ0n) is 12.4. The Bertz CT molecular complexity index is 334. The van der Waals surface area contributed by atoms with Gasteiger partial charge < -0.3 is 16.0 Å². The summed E-state index contributed by atoms with van der Waals surface area (Å²) in [5.74, 6) is -0.207. The highest BCUT2D eigenvalue weighted by Gasteiger charge is 2.30. The summed E-state index contributed by atoms with van der Waals surface area (Å²) < 4.78 is 0. The predicted molar refractivity (Wildman–Crippen MR) is 74.6 cm³/mol. The standard InChI is InChI=1S/C13H26N4O2/c1-13(2,12(14)19)15-10-5-7-17(8-6-10)9-11(18)16(3)4/h10,15H,5-9H2,1-4H3,(H2,14,19). The third-order valence-corrected chi connectivity index (χ3v) is 3.63. The Morgan fingerprint density at radius 3 is 2.26 bits per heavy atom. The summed E-state index contributed by atoms with van der Waals surface area (Å²) >= 11 is 0. The van der Waals surface area contributed by atoms with Crippen LogP contribution < -0.4 is 11.1 Å². The van der Waals surface area contributed by atoms with Crippen LogP contribution in [0.1, 0.15) is 26.7 Å². The van der Waals surface area contributed by atoms with Crippen LogP contribution in [-0.4, -0.2) is 66.9 Å². The minimum Gasteiger partial charge on any atom is -0.368 e. The van der Waals surface area contributed by atoms with E-state index in [0.29, 0.717) is 6.54 Å². The number of hydrogen-bond donors (Lipinski definition) is 2. The summed E-state index contributed by atoms with van der Waals surface area (Å²) in [7, 11) is 3.54. The lowest BCUT2D eigenvalue weighted by atomic mass is 9.98. The molecule has 6 nitrogen and oxygen atoms in total. The minimum atomic E-state index is -0.674. The van der Waals surface area contributed by atoms with Crippen LogP contribution in [0.3, 0.4) is 0 Å². The first-order chi connectivity index (χ1) is 8.72. The maximum atomic E-state index is 11.6. The molecule has 110 valence electrons. The molecule has 1 saturated heterocycles. The predicted octanol–water partition coefficient (Wildman–Crippen LogP) is -0.607. The van der Waals surface area contributed by atoms with Gasteiger partial charge in [-0.25, -0.2) is 0 Å². The Morgan fingerprint density at radius 2 is 1.84 bits per heavy atom. The van der Waals surface area contributed by atoms with Gasteiger partial charge in [0.05, 0.1) is 12.1 Å². The number of nitrogens with one attached hydrogen (secondary N) is 1. The number of nitrogens with two attached hydrogens (primary N) is 1. The molecule has 0 atom stereocenters. The molecule has 0 aromatic heterocycles. The van der Waals surface area contributed by atoms with Crippen LogP contribution in [0, 0.1) is 0 Å². The van der Waals surface area contributed by atoms with E-state index in [0.717, 1.165) is 25.9 Å². The highest BCUT2D eigenvalue weighted by molar-refractivity contribution is 5.83. The quantitative estimate of drug-likeness (QED) is 0.699. The van der Waals surface area contributed by atoms with E-state index in [2.05, 4.69) is 10.2 Å². The molecular formula is C13H26N4O2. The van der Waals surface area contributed by atoms with Crippen molar-refractivity contribution >= 4 is 11.8 Å². The summed E-state index contributed by atoms with van der Waals surface area (Å²) in [5, 5.41) is 3.29. The van der Waals surface area contributed by atoms with Crippen molar-refractivity contribution < 1.29 is 9.59 Å². The van der Waals surface area contributed by atoms with Gasteiger partial charge in [-0.3, -0.25) is 14.5 Å². The highest BCUT2D eigenvalue weighted by Crippen LogP contribution is 2.14. The van der Waals surface area contributed by atoms with Gasteiger partial charge in [-0.15, -0.1) is 0 Å². The number of carbonyl (C=O) groups is 2. The number of carbonyl (C=O) groups excluding carboxylic acids is 2. The molecule has 0 saturated carbocycles. The van der Waals surface area contributed by atoms with Gasteiger partial charge in [-0.2, -0.15) is 0 Å². The molecule has 3 N–H and O–H groups in total. The summed E-state index contributed by atoms with van der Waals surface area (Å²) in [5.41, 5.74) is 4.68. The van der Waals surface area contributed by atoms with Gasteiger partial charge >= 0.3 is 0 Å². The Kier molecular flexibility index (Phi) is 5.31. The number of likely N-dealkylation sites (N-methyl/N-ethyl adjacent to an activating group) is 1. The topological polar surface area (TPSA) is 78.7 Å². The molecule has 1 aliphatic heterocycles. The third-order valence-electron chi connectivity index (χ3n) is 3.63. The van der Waals surface area contributed by atoms with Crippen LogP contribution in [0.2, 0.25) is 0 Å². The van der Waals surface area contributed by atoms with Gasteiger partial charge in [-0.05, 0) is 26.7 Å². The monoisotopic (exact) mass is 270 g/mol. The van der Waals surface area contributed by atoms with Crippen LogP contribution >= 0.6 is 0 Å². The van der Waals surface area contributed by atoms with Crippen molar-refractivity contribution in [2.24, 2.45) is 5.73 Å². The number of primary amides is 1. The Balaban J connectivity index is 2.37. The number of piperidine rings is 1. The lowest BCUT2D eigenvalue weighted by Crippen LogP contribution is -2.57. The normalized spacial score (nSPS) is 18.3. The van der Waals surface area contributed by atoms with E-state index >= 15 is 0 Å². The van der Waals surface area contributed by atoms with Crippen molar-refractivity contribution in [2.75, 3.05) is 33.7 Å². The van der Waals surface area contributed by atoms with Crippen molar-refractivity contribution in [3.8, 4) is 0 Å². The van der Waals surface area contributed by atoms with E-state index in [1.54, 1.807) is 32.8 Å². The van der Waals surface area contributed by atoms with Gasteiger partial charge in [0.25, 0.3) is 0 Å². The van der Waals surface area contributed by atoms with E-state index in [-0.39, 0.29) is 17.9 Å². The molecule has 0 aromatic rings. The largest absolute Gasteiger partial charge is 0.368 e. The molecule has 1 fully saturated rings. The van der Waals surface area contributed by atoms with E-state index in [4.69, 9.17) is 5.73 Å². The SMILES string of the molecule is CN(C)C(=O)CN1CCC(NC(C)(C)C(N)=O)CC1. The van der Waals surface area contributed by atoms with Gasteiger partial charge in [0.1, 0.15) is 0 Å². The van der Waals surface area contributed by atoms with E-state index < -0.39 is 5.54 Å². The number of rotatable bonds is 5. The summed E-state index contributed by atoms with van der Waals surface area (Å²) in [6, 6.07) is 0.285. The van der Waals surface area contributed by atoms with Crippen molar-refractivity contribution in [2.45, 2.75) is 38.3 Å². The molecule has 1 aliphatic rings. The van der Waals surface area contributed by atoms with Crippen LogP contribution in [0.4, 0.5) is 0 Å². The van der Waals surface area contributed by atoms with Crippen LogP contribution in [0.5, 0.6) is 0 Å². The maximum absolute atomic E-state index is 11.6. The zero-order valence-corrected chi connectivity index (χ0v) is 12.4. The third kappa shape index (κ3) is 4.80. The summed E-state index contributed by atoms with van der Waals surface area (Å²) in [6.07, 6.45) is 1.86. The van der Waals surface area contributed by atoms with Crippen LogP contribution in [0.15, 0.2) is 0 Å². The zero-order chi connectivity index (χ0) is 14.6. The number of likely N-dealkylation sites (tertiary alicyclic amines) is 1. The molecule has 0 spiro atoms. The van der Waals surface area contributed by atoms with Crippen molar-refractivity contribution in [3.05, 3.63) is 0 Å². The van der Waals surface area contributed by atoms with Crippen molar-refractivity contribution in [1.82, 2.24) is 15.1 Å². The summed E-state index contributed by atoms with van der Waals surface area (Å²) in [6.45, 7) is 5.81. The molecule has 0 aromatic carbocycles. The molecule has 6 heteroatoms. The first-order valence-corrected chi connectivity index (χ1v) is 6.72. The molecular weight excluding hydrogens is 244 g/mol. The second-order valence-electron chi connectivity index (χ2n) is 5.97. The fourth-order valence-corrected chi connectivity index (χ4v) is 2.15. The molecule has 0 bridgehead atoms. The fourth-order valence-electron chi connectivity index (χ4n) is 2.15. The number of amides is 2. The first kappa shape index (κ1) is 15.9. The van der Waals surface area contributed by atoms with Crippen molar-refractivity contribution in [1.29, 1.82) is 0 Å². The average Bonchev–Trinajstić information content (AvgIpc) is 2.30. The van der Waals surface area contributed by atoms with Gasteiger partial charge in [0, 0.05) is 33.2 Å². The Morgan fingerprint density at radius 1 is 1.32 bits per heavy atom. The first-order valence-electron chi connectivity index (χ1n) is 6.72. The molecule has 0 aliphatic carbocycles. The van der Waals surface area contributed by atoms with Crippen LogP contribution in [0.25, 0.3) is 0 Å². The molecule has 1 rings (SSSR count). The lowest BCUT2D eigenvalue weighted by molar-refractivity contribution is -0.130. The molecule has 0 unspecified atom stereocenters. The second kappa shape index (κ2) is 6.34. The van der Waals surface area contributed by atoms with E-state index in [1.807, 2.05) is 0 Å². The maximum Gasteiger partial charge on any atom is 0.237 e. The van der Waals surface area contributed by atoms with E-state index in [1.165, 1.54) is 0 Å². The number of nitrogens with zero attached hydrogens (tertiary/aromatic N) is 2. The fraction of sp³-hybridized carbons (Fsp3) is 0.846. The van der Waals surface area contributed by atoms with Gasteiger partial charge in [0.15, 0.2) is 0 Å².